The van der Waals surface area contributed by atoms with Gasteiger partial charge in [-0.3, -0.25) is 4.79 Å². The summed E-state index contributed by atoms with van der Waals surface area (Å²) in [5.74, 6) is -0.890. The van der Waals surface area contributed by atoms with Crippen LogP contribution in [-0.2, 0) is 26.0 Å². The maximum absolute atomic E-state index is 11.8. The minimum atomic E-state index is -3.22. The largest absolute Gasteiger partial charge is 0.451 e. The third-order valence-corrected chi connectivity index (χ3v) is 4.81. The number of rotatable bonds is 9. The number of esters is 1. The van der Waals surface area contributed by atoms with Gasteiger partial charge in [-0.25, -0.2) is 17.9 Å². The molecule has 0 saturated heterocycles. The van der Waals surface area contributed by atoms with Crippen molar-refractivity contribution >= 4 is 33.2 Å². The lowest BCUT2D eigenvalue weighted by Gasteiger charge is -2.11. The molecular formula is C14H22N2O5S2. The van der Waals surface area contributed by atoms with E-state index in [-0.39, 0.29) is 25.1 Å². The quantitative estimate of drug-likeness (QED) is 0.636. The highest BCUT2D eigenvalue weighted by Gasteiger charge is 2.14. The Labute approximate surface area is 140 Å². The molecule has 1 aromatic heterocycles. The van der Waals surface area contributed by atoms with E-state index in [9.17, 15) is 18.0 Å². The molecule has 0 aromatic carbocycles. The predicted molar refractivity (Wildman–Crippen MR) is 89.0 cm³/mol. The molecule has 0 fully saturated rings. The smallest absolute Gasteiger partial charge is 0.348 e. The van der Waals surface area contributed by atoms with Gasteiger partial charge in [-0.15, -0.1) is 11.3 Å². The van der Waals surface area contributed by atoms with E-state index in [1.165, 1.54) is 11.3 Å². The van der Waals surface area contributed by atoms with Gasteiger partial charge in [0.25, 0.3) is 5.91 Å². The molecule has 1 aromatic rings. The predicted octanol–water partition coefficient (Wildman–Crippen LogP) is 0.911. The zero-order valence-corrected chi connectivity index (χ0v) is 15.1. The summed E-state index contributed by atoms with van der Waals surface area (Å²) in [4.78, 5) is 24.6. The number of hydrogen-bond donors (Lipinski definition) is 2. The fourth-order valence-corrected chi connectivity index (χ4v) is 2.98. The van der Waals surface area contributed by atoms with Crippen molar-refractivity contribution in [1.29, 1.82) is 0 Å². The molecule has 1 amide bonds. The summed E-state index contributed by atoms with van der Waals surface area (Å²) < 4.78 is 29.3. The number of ether oxygens (including phenoxy) is 1. The Morgan fingerprint density at radius 2 is 2.04 bits per heavy atom. The molecule has 2 N–H and O–H groups in total. The second kappa shape index (κ2) is 8.99. The Kier molecular flexibility index (Phi) is 7.66. The Balaban J connectivity index is 2.41. The van der Waals surface area contributed by atoms with E-state index in [0.29, 0.717) is 11.3 Å². The molecule has 1 atom stereocenters. The minimum absolute atomic E-state index is 0.0388. The molecular weight excluding hydrogens is 340 g/mol. The SMILES string of the molecule is CCC(C)NC(=O)COC(=O)c1ccc(CCNS(C)(=O)=O)s1. The second-order valence-corrected chi connectivity index (χ2v) is 8.14. The van der Waals surface area contributed by atoms with Gasteiger partial charge in [0.05, 0.1) is 6.26 Å². The van der Waals surface area contributed by atoms with Gasteiger partial charge < -0.3 is 10.1 Å². The lowest BCUT2D eigenvalue weighted by molar-refractivity contribution is -0.124. The monoisotopic (exact) mass is 362 g/mol. The second-order valence-electron chi connectivity index (χ2n) is 5.14. The number of hydrogen-bond acceptors (Lipinski definition) is 6. The van der Waals surface area contributed by atoms with Crippen molar-refractivity contribution in [2.45, 2.75) is 32.7 Å². The first-order chi connectivity index (χ1) is 10.7. The summed E-state index contributed by atoms with van der Waals surface area (Å²) in [6.45, 7) is 3.77. The molecule has 9 heteroatoms. The van der Waals surface area contributed by atoms with E-state index in [2.05, 4.69) is 10.0 Å². The summed E-state index contributed by atoms with van der Waals surface area (Å²) >= 11 is 1.22. The van der Waals surface area contributed by atoms with Crippen molar-refractivity contribution in [3.05, 3.63) is 21.9 Å². The maximum atomic E-state index is 11.8. The molecule has 1 rings (SSSR count). The Morgan fingerprint density at radius 1 is 1.35 bits per heavy atom. The van der Waals surface area contributed by atoms with E-state index in [0.717, 1.165) is 17.6 Å². The van der Waals surface area contributed by atoms with Crippen molar-refractivity contribution in [3.63, 3.8) is 0 Å². The van der Waals surface area contributed by atoms with Crippen molar-refractivity contribution in [1.82, 2.24) is 10.0 Å². The number of carbonyl (C=O) groups is 2. The fourth-order valence-electron chi connectivity index (χ4n) is 1.60. The first-order valence-electron chi connectivity index (χ1n) is 7.21. The van der Waals surface area contributed by atoms with Gasteiger partial charge in [0.15, 0.2) is 6.61 Å². The van der Waals surface area contributed by atoms with Crippen LogP contribution in [0.1, 0.15) is 34.8 Å². The molecule has 0 aliphatic carbocycles. The average molecular weight is 362 g/mol. The molecule has 1 heterocycles. The van der Waals surface area contributed by atoms with E-state index < -0.39 is 16.0 Å². The van der Waals surface area contributed by atoms with Gasteiger partial charge in [0.2, 0.25) is 10.0 Å². The molecule has 0 aliphatic rings. The Morgan fingerprint density at radius 3 is 2.65 bits per heavy atom. The molecule has 1 unspecified atom stereocenters. The topological polar surface area (TPSA) is 102 Å². The standard InChI is InChI=1S/C14H22N2O5S2/c1-4-10(2)16-13(17)9-21-14(18)12-6-5-11(22-12)7-8-15-23(3,19)20/h5-6,10,15H,4,7-9H2,1-3H3,(H,16,17). The first-order valence-corrected chi connectivity index (χ1v) is 9.92. The summed E-state index contributed by atoms with van der Waals surface area (Å²) in [7, 11) is -3.22. The normalized spacial score (nSPS) is 12.7. The van der Waals surface area contributed by atoms with E-state index in [4.69, 9.17) is 4.74 Å². The highest BCUT2D eigenvalue weighted by molar-refractivity contribution is 7.88. The molecule has 23 heavy (non-hydrogen) atoms. The lowest BCUT2D eigenvalue weighted by Crippen LogP contribution is -2.35. The summed E-state index contributed by atoms with van der Waals surface area (Å²) in [6.07, 6.45) is 2.38. The van der Waals surface area contributed by atoms with Gasteiger partial charge in [0.1, 0.15) is 4.88 Å². The fraction of sp³-hybridized carbons (Fsp3) is 0.571. The summed E-state index contributed by atoms with van der Waals surface area (Å²) in [5.41, 5.74) is 0. The Hall–Kier alpha value is -1.45. The molecule has 0 aliphatic heterocycles. The van der Waals surface area contributed by atoms with Crippen LogP contribution < -0.4 is 10.0 Å². The third-order valence-electron chi connectivity index (χ3n) is 2.95. The van der Waals surface area contributed by atoms with Crippen molar-refractivity contribution < 1.29 is 22.7 Å². The van der Waals surface area contributed by atoms with Crippen molar-refractivity contribution in [2.75, 3.05) is 19.4 Å². The average Bonchev–Trinajstić information content (AvgIpc) is 2.92. The van der Waals surface area contributed by atoms with E-state index in [1.54, 1.807) is 12.1 Å². The first kappa shape index (κ1) is 19.6. The Bertz CT molecular complexity index is 639. The van der Waals surface area contributed by atoms with Gasteiger partial charge in [0, 0.05) is 17.5 Å². The molecule has 0 bridgehead atoms. The highest BCUT2D eigenvalue weighted by atomic mass is 32.2. The van der Waals surface area contributed by atoms with E-state index in [1.807, 2.05) is 13.8 Å². The van der Waals surface area contributed by atoms with Crippen LogP contribution >= 0.6 is 11.3 Å². The number of amides is 1. The van der Waals surface area contributed by atoms with Gasteiger partial charge in [-0.05, 0) is 31.9 Å². The third kappa shape index (κ3) is 8.10. The molecule has 7 nitrogen and oxygen atoms in total. The van der Waals surface area contributed by atoms with E-state index >= 15 is 0 Å². The van der Waals surface area contributed by atoms with Gasteiger partial charge >= 0.3 is 5.97 Å². The summed E-state index contributed by atoms with van der Waals surface area (Å²) in [5, 5.41) is 2.71. The van der Waals surface area contributed by atoms with Gasteiger partial charge in [-0.1, -0.05) is 6.92 Å². The zero-order chi connectivity index (χ0) is 17.5. The lowest BCUT2D eigenvalue weighted by atomic mass is 10.2. The van der Waals surface area contributed by atoms with Crippen LogP contribution in [0.15, 0.2) is 12.1 Å². The number of nitrogens with one attached hydrogen (secondary N) is 2. The van der Waals surface area contributed by atoms with Crippen LogP contribution in [0.5, 0.6) is 0 Å². The number of thiophene rings is 1. The molecule has 0 radical (unpaired) electrons. The van der Waals surface area contributed by atoms with Gasteiger partial charge in [-0.2, -0.15) is 0 Å². The van der Waals surface area contributed by atoms with Crippen LogP contribution in [-0.4, -0.2) is 45.7 Å². The summed E-state index contributed by atoms with van der Waals surface area (Å²) in [6, 6.07) is 3.39. The maximum Gasteiger partial charge on any atom is 0.348 e. The molecule has 0 saturated carbocycles. The van der Waals surface area contributed by atoms with Crippen LogP contribution in [0, 0.1) is 0 Å². The van der Waals surface area contributed by atoms with Crippen LogP contribution in [0.25, 0.3) is 0 Å². The zero-order valence-electron chi connectivity index (χ0n) is 13.4. The van der Waals surface area contributed by atoms with Crippen LogP contribution in [0.2, 0.25) is 0 Å². The minimum Gasteiger partial charge on any atom is -0.451 e. The number of carbonyl (C=O) groups excluding carboxylic acids is 2. The van der Waals surface area contributed by atoms with Crippen LogP contribution in [0.3, 0.4) is 0 Å². The number of sulfonamides is 1. The molecule has 0 spiro atoms. The van der Waals surface area contributed by atoms with Crippen LogP contribution in [0.4, 0.5) is 0 Å². The molecule has 130 valence electrons. The van der Waals surface area contributed by atoms with Crippen molar-refractivity contribution in [2.24, 2.45) is 0 Å². The van der Waals surface area contributed by atoms with Crippen molar-refractivity contribution in [3.8, 4) is 0 Å². The highest BCUT2D eigenvalue weighted by Crippen LogP contribution is 2.17.